The fraction of sp³-hybridized carbons (Fsp3) is 0.500. The van der Waals surface area contributed by atoms with Gasteiger partial charge in [-0.25, -0.2) is 9.97 Å². The summed E-state index contributed by atoms with van der Waals surface area (Å²) in [6, 6.07) is 0.366. The van der Waals surface area contributed by atoms with Gasteiger partial charge in [0.05, 0.1) is 10.2 Å². The van der Waals surface area contributed by atoms with Gasteiger partial charge in [-0.1, -0.05) is 0 Å². The SMILES string of the molecule is Cc1csc2c(NC(C)CN(C)C)ncnc12. The third kappa shape index (κ3) is 2.73. The maximum Gasteiger partial charge on any atom is 0.147 e. The summed E-state index contributed by atoms with van der Waals surface area (Å²) in [7, 11) is 4.14. The molecule has 0 spiro atoms. The van der Waals surface area contributed by atoms with E-state index in [9.17, 15) is 0 Å². The van der Waals surface area contributed by atoms with E-state index >= 15 is 0 Å². The lowest BCUT2D eigenvalue weighted by atomic mass is 10.3. The van der Waals surface area contributed by atoms with Crippen molar-refractivity contribution in [3.05, 3.63) is 17.3 Å². The molecular weight excluding hydrogens is 232 g/mol. The van der Waals surface area contributed by atoms with Crippen LogP contribution in [0.15, 0.2) is 11.7 Å². The summed E-state index contributed by atoms with van der Waals surface area (Å²) in [5.74, 6) is 0.947. The van der Waals surface area contributed by atoms with Gasteiger partial charge in [0.25, 0.3) is 0 Å². The third-order valence-electron chi connectivity index (χ3n) is 2.55. The van der Waals surface area contributed by atoms with Crippen LogP contribution in [0.4, 0.5) is 5.82 Å². The largest absolute Gasteiger partial charge is 0.365 e. The Labute approximate surface area is 106 Å². The molecule has 0 aliphatic rings. The van der Waals surface area contributed by atoms with E-state index in [-0.39, 0.29) is 0 Å². The van der Waals surface area contributed by atoms with Gasteiger partial charge >= 0.3 is 0 Å². The highest BCUT2D eigenvalue weighted by atomic mass is 32.1. The predicted octanol–water partition coefficient (Wildman–Crippen LogP) is 2.36. The summed E-state index contributed by atoms with van der Waals surface area (Å²) in [5, 5.41) is 5.57. The molecule has 0 fully saturated rings. The first kappa shape index (κ1) is 12.3. The van der Waals surface area contributed by atoms with Crippen molar-refractivity contribution in [2.75, 3.05) is 26.0 Å². The van der Waals surface area contributed by atoms with Gasteiger partial charge in [0, 0.05) is 12.6 Å². The molecule has 2 aromatic heterocycles. The highest BCUT2D eigenvalue weighted by Gasteiger charge is 2.10. The van der Waals surface area contributed by atoms with Crippen LogP contribution >= 0.6 is 11.3 Å². The zero-order valence-electron chi connectivity index (χ0n) is 10.7. The van der Waals surface area contributed by atoms with Gasteiger partial charge in [-0.05, 0) is 38.9 Å². The number of nitrogens with zero attached hydrogens (tertiary/aromatic N) is 3. The molecular formula is C12H18N4S. The van der Waals surface area contributed by atoms with Crippen LogP contribution in [0.2, 0.25) is 0 Å². The quantitative estimate of drug-likeness (QED) is 0.904. The minimum absolute atomic E-state index is 0.366. The van der Waals surface area contributed by atoms with E-state index in [0.717, 1.165) is 22.6 Å². The second kappa shape index (κ2) is 4.98. The van der Waals surface area contributed by atoms with Crippen LogP contribution in [0.1, 0.15) is 12.5 Å². The van der Waals surface area contributed by atoms with Crippen molar-refractivity contribution in [3.63, 3.8) is 0 Å². The van der Waals surface area contributed by atoms with E-state index in [1.165, 1.54) is 5.56 Å². The minimum Gasteiger partial charge on any atom is -0.365 e. The molecule has 0 amide bonds. The lowest BCUT2D eigenvalue weighted by Crippen LogP contribution is -2.29. The van der Waals surface area contributed by atoms with Crippen LogP contribution in [0, 0.1) is 6.92 Å². The molecule has 0 aromatic carbocycles. The van der Waals surface area contributed by atoms with Gasteiger partial charge in [-0.15, -0.1) is 11.3 Å². The van der Waals surface area contributed by atoms with Gasteiger partial charge in [0.1, 0.15) is 12.1 Å². The van der Waals surface area contributed by atoms with E-state index < -0.39 is 0 Å². The topological polar surface area (TPSA) is 41.0 Å². The average molecular weight is 250 g/mol. The molecule has 1 N–H and O–H groups in total. The first-order valence-corrected chi connectivity index (χ1v) is 6.56. The molecule has 0 aliphatic carbocycles. The van der Waals surface area contributed by atoms with Gasteiger partial charge < -0.3 is 10.2 Å². The Balaban J connectivity index is 2.24. The molecule has 17 heavy (non-hydrogen) atoms. The van der Waals surface area contributed by atoms with Crippen LogP contribution in [-0.2, 0) is 0 Å². The number of anilines is 1. The number of thiophene rings is 1. The molecule has 0 saturated heterocycles. The third-order valence-corrected chi connectivity index (χ3v) is 3.65. The summed E-state index contributed by atoms with van der Waals surface area (Å²) < 4.78 is 1.15. The second-order valence-electron chi connectivity index (χ2n) is 4.63. The zero-order valence-corrected chi connectivity index (χ0v) is 11.5. The molecule has 2 heterocycles. The minimum atomic E-state index is 0.366. The number of likely N-dealkylation sites (N-methyl/N-ethyl adjacent to an activating group) is 1. The molecule has 0 radical (unpaired) electrons. The van der Waals surface area contributed by atoms with E-state index in [1.807, 2.05) is 0 Å². The number of aromatic nitrogens is 2. The summed E-state index contributed by atoms with van der Waals surface area (Å²) in [6.07, 6.45) is 1.63. The number of fused-ring (bicyclic) bond motifs is 1. The smallest absolute Gasteiger partial charge is 0.147 e. The maximum absolute atomic E-state index is 4.34. The molecule has 2 rings (SSSR count). The van der Waals surface area contributed by atoms with Gasteiger partial charge in [0.15, 0.2) is 0 Å². The van der Waals surface area contributed by atoms with Gasteiger partial charge in [0.2, 0.25) is 0 Å². The van der Waals surface area contributed by atoms with Crippen molar-refractivity contribution in [2.24, 2.45) is 0 Å². The fourth-order valence-electron chi connectivity index (χ4n) is 1.90. The molecule has 1 atom stereocenters. The Morgan fingerprint density at radius 3 is 2.88 bits per heavy atom. The highest BCUT2D eigenvalue weighted by Crippen LogP contribution is 2.28. The highest BCUT2D eigenvalue weighted by molar-refractivity contribution is 7.18. The number of hydrogen-bond donors (Lipinski definition) is 1. The van der Waals surface area contributed by atoms with E-state index in [1.54, 1.807) is 17.7 Å². The second-order valence-corrected chi connectivity index (χ2v) is 5.51. The van der Waals surface area contributed by atoms with E-state index in [0.29, 0.717) is 6.04 Å². The van der Waals surface area contributed by atoms with Crippen molar-refractivity contribution in [1.82, 2.24) is 14.9 Å². The number of nitrogens with one attached hydrogen (secondary N) is 1. The van der Waals surface area contributed by atoms with Gasteiger partial charge in [-0.2, -0.15) is 0 Å². The van der Waals surface area contributed by atoms with Crippen molar-refractivity contribution >= 4 is 27.4 Å². The Morgan fingerprint density at radius 1 is 1.41 bits per heavy atom. The van der Waals surface area contributed by atoms with Crippen LogP contribution in [0.25, 0.3) is 10.2 Å². The van der Waals surface area contributed by atoms with Crippen LogP contribution in [-0.4, -0.2) is 41.5 Å². The molecule has 0 saturated carbocycles. The Bertz CT molecular complexity index is 506. The van der Waals surface area contributed by atoms with Crippen molar-refractivity contribution in [3.8, 4) is 0 Å². The van der Waals surface area contributed by atoms with Crippen LogP contribution in [0.5, 0.6) is 0 Å². The Kier molecular flexibility index (Phi) is 3.59. The fourth-order valence-corrected chi connectivity index (χ4v) is 2.85. The summed E-state index contributed by atoms with van der Waals surface area (Å²) in [4.78, 5) is 10.8. The maximum atomic E-state index is 4.34. The number of rotatable bonds is 4. The molecule has 5 heteroatoms. The summed E-state index contributed by atoms with van der Waals surface area (Å²) in [5.41, 5.74) is 2.28. The van der Waals surface area contributed by atoms with E-state index in [2.05, 4.69) is 53.5 Å². The molecule has 0 aliphatic heterocycles. The summed E-state index contributed by atoms with van der Waals surface area (Å²) >= 11 is 1.70. The normalized spacial score (nSPS) is 13.2. The van der Waals surface area contributed by atoms with Crippen LogP contribution < -0.4 is 5.32 Å². The average Bonchev–Trinajstić information content (AvgIpc) is 2.61. The molecule has 92 valence electrons. The molecule has 1 unspecified atom stereocenters. The molecule has 0 bridgehead atoms. The summed E-state index contributed by atoms with van der Waals surface area (Å²) in [6.45, 7) is 5.23. The van der Waals surface area contributed by atoms with Crippen molar-refractivity contribution in [2.45, 2.75) is 19.9 Å². The lowest BCUT2D eigenvalue weighted by Gasteiger charge is -2.18. The van der Waals surface area contributed by atoms with Crippen LogP contribution in [0.3, 0.4) is 0 Å². The first-order valence-electron chi connectivity index (χ1n) is 5.68. The first-order chi connectivity index (χ1) is 8.08. The van der Waals surface area contributed by atoms with Gasteiger partial charge in [-0.3, -0.25) is 0 Å². The van der Waals surface area contributed by atoms with Crippen molar-refractivity contribution < 1.29 is 0 Å². The Hall–Kier alpha value is -1.20. The van der Waals surface area contributed by atoms with Crippen molar-refractivity contribution in [1.29, 1.82) is 0 Å². The number of hydrogen-bond acceptors (Lipinski definition) is 5. The number of aryl methyl sites for hydroxylation is 1. The lowest BCUT2D eigenvalue weighted by molar-refractivity contribution is 0.392. The Morgan fingerprint density at radius 2 is 2.18 bits per heavy atom. The standard InChI is InChI=1S/C12H18N4S/c1-8-6-17-11-10(8)13-7-14-12(11)15-9(2)5-16(3)4/h6-7,9H,5H2,1-4H3,(H,13,14,15). The predicted molar refractivity (Wildman–Crippen MR) is 73.8 cm³/mol. The molecule has 4 nitrogen and oxygen atoms in total. The zero-order chi connectivity index (χ0) is 12.4. The van der Waals surface area contributed by atoms with E-state index in [4.69, 9.17) is 0 Å². The monoisotopic (exact) mass is 250 g/mol. The molecule has 2 aromatic rings.